The maximum absolute atomic E-state index is 13.5. The molecule has 0 bridgehead atoms. The highest BCUT2D eigenvalue weighted by atomic mass is 19.1. The van der Waals surface area contributed by atoms with Crippen LogP contribution >= 0.6 is 0 Å². The molecule has 20 heavy (non-hydrogen) atoms. The van der Waals surface area contributed by atoms with Crippen LogP contribution in [0.2, 0.25) is 0 Å². The van der Waals surface area contributed by atoms with E-state index in [1.807, 2.05) is 13.8 Å². The van der Waals surface area contributed by atoms with E-state index in [1.54, 1.807) is 12.1 Å². The Hall–Kier alpha value is -1.97. The van der Waals surface area contributed by atoms with Gasteiger partial charge in [0.1, 0.15) is 18.0 Å². The molecule has 0 atom stereocenters. The molecular weight excluding hydrogens is 253 g/mol. The van der Waals surface area contributed by atoms with Gasteiger partial charge in [-0.05, 0) is 38.0 Å². The average Bonchev–Trinajstić information content (AvgIpc) is 2.44. The Labute approximate surface area is 119 Å². The van der Waals surface area contributed by atoms with Crippen molar-refractivity contribution >= 4 is 5.82 Å². The number of aromatic nitrogens is 2. The van der Waals surface area contributed by atoms with Gasteiger partial charge in [-0.3, -0.25) is 0 Å². The van der Waals surface area contributed by atoms with E-state index in [0.717, 1.165) is 47.6 Å². The molecule has 0 unspecified atom stereocenters. The number of anilines is 1. The summed E-state index contributed by atoms with van der Waals surface area (Å²) in [6.07, 6.45) is 3.40. The lowest BCUT2D eigenvalue weighted by Gasteiger charge is -2.14. The van der Waals surface area contributed by atoms with Crippen molar-refractivity contribution in [2.24, 2.45) is 0 Å². The second-order valence-electron chi connectivity index (χ2n) is 4.79. The molecule has 0 fully saturated rings. The normalized spacial score (nSPS) is 10.6. The number of benzene rings is 1. The second-order valence-corrected chi connectivity index (χ2v) is 4.79. The lowest BCUT2D eigenvalue weighted by Crippen LogP contribution is -2.07. The summed E-state index contributed by atoms with van der Waals surface area (Å²) in [5, 5.41) is 3.26. The highest BCUT2D eigenvalue weighted by Gasteiger charge is 2.14. The predicted molar refractivity (Wildman–Crippen MR) is 80.3 cm³/mol. The molecule has 1 aromatic heterocycles. The van der Waals surface area contributed by atoms with Crippen molar-refractivity contribution in [3.8, 4) is 11.3 Å². The topological polar surface area (TPSA) is 37.8 Å². The van der Waals surface area contributed by atoms with Gasteiger partial charge in [-0.2, -0.15) is 0 Å². The maximum Gasteiger partial charge on any atom is 0.133 e. The summed E-state index contributed by atoms with van der Waals surface area (Å²) >= 11 is 0. The molecule has 1 N–H and O–H groups in total. The lowest BCUT2D eigenvalue weighted by atomic mass is 9.99. The number of aryl methyl sites for hydroxylation is 1. The van der Waals surface area contributed by atoms with Gasteiger partial charge in [-0.15, -0.1) is 0 Å². The van der Waals surface area contributed by atoms with Crippen molar-refractivity contribution in [2.45, 2.75) is 33.6 Å². The fourth-order valence-corrected chi connectivity index (χ4v) is 2.30. The van der Waals surface area contributed by atoms with E-state index in [1.165, 1.54) is 12.4 Å². The van der Waals surface area contributed by atoms with Crippen LogP contribution < -0.4 is 5.32 Å². The Bertz CT molecular complexity index is 596. The minimum Gasteiger partial charge on any atom is -0.370 e. The van der Waals surface area contributed by atoms with Crippen molar-refractivity contribution in [3.05, 3.63) is 41.5 Å². The molecule has 4 heteroatoms. The summed E-state index contributed by atoms with van der Waals surface area (Å²) in [4.78, 5) is 8.70. The van der Waals surface area contributed by atoms with E-state index in [-0.39, 0.29) is 5.82 Å². The van der Waals surface area contributed by atoms with Crippen LogP contribution in [-0.4, -0.2) is 16.5 Å². The van der Waals surface area contributed by atoms with Gasteiger partial charge in [-0.25, -0.2) is 14.4 Å². The fourth-order valence-electron chi connectivity index (χ4n) is 2.30. The first-order valence-corrected chi connectivity index (χ1v) is 7.01. The second kappa shape index (κ2) is 6.46. The number of hydrogen-bond donors (Lipinski definition) is 1. The molecule has 0 aliphatic carbocycles. The Kier molecular flexibility index (Phi) is 4.66. The van der Waals surface area contributed by atoms with E-state index in [9.17, 15) is 4.39 Å². The van der Waals surface area contributed by atoms with Crippen LogP contribution in [0.4, 0.5) is 10.2 Å². The van der Waals surface area contributed by atoms with Crippen molar-refractivity contribution in [1.82, 2.24) is 9.97 Å². The number of nitrogens with one attached hydrogen (secondary N) is 1. The van der Waals surface area contributed by atoms with Gasteiger partial charge in [0.2, 0.25) is 0 Å². The first kappa shape index (κ1) is 14.4. The summed E-state index contributed by atoms with van der Waals surface area (Å²) in [7, 11) is 0. The zero-order valence-electron chi connectivity index (χ0n) is 12.2. The van der Waals surface area contributed by atoms with Gasteiger partial charge in [0.05, 0.1) is 5.69 Å². The first-order valence-electron chi connectivity index (χ1n) is 7.01. The van der Waals surface area contributed by atoms with Crippen LogP contribution in [0, 0.1) is 12.7 Å². The minimum atomic E-state index is -0.239. The molecule has 0 saturated carbocycles. The van der Waals surface area contributed by atoms with Crippen molar-refractivity contribution in [1.29, 1.82) is 0 Å². The smallest absolute Gasteiger partial charge is 0.133 e. The Morgan fingerprint density at radius 2 is 2.00 bits per heavy atom. The molecule has 0 aliphatic heterocycles. The summed E-state index contributed by atoms with van der Waals surface area (Å²) in [5.41, 5.74) is 3.75. The number of hydrogen-bond acceptors (Lipinski definition) is 3. The van der Waals surface area contributed by atoms with Gasteiger partial charge < -0.3 is 5.32 Å². The van der Waals surface area contributed by atoms with Crippen molar-refractivity contribution in [3.63, 3.8) is 0 Å². The minimum absolute atomic E-state index is 0.239. The predicted octanol–water partition coefficient (Wildman–Crippen LogP) is 3.98. The summed E-state index contributed by atoms with van der Waals surface area (Å²) in [6, 6.07) is 4.81. The van der Waals surface area contributed by atoms with E-state index in [4.69, 9.17) is 0 Å². The highest BCUT2D eigenvalue weighted by molar-refractivity contribution is 5.71. The third-order valence-corrected chi connectivity index (χ3v) is 3.24. The highest BCUT2D eigenvalue weighted by Crippen LogP contribution is 2.29. The van der Waals surface area contributed by atoms with E-state index >= 15 is 0 Å². The van der Waals surface area contributed by atoms with Gasteiger partial charge in [-0.1, -0.05) is 19.4 Å². The maximum atomic E-state index is 13.5. The molecule has 0 aliphatic rings. The third kappa shape index (κ3) is 2.95. The van der Waals surface area contributed by atoms with E-state index < -0.39 is 0 Å². The first-order chi connectivity index (χ1) is 9.67. The zero-order valence-corrected chi connectivity index (χ0v) is 12.2. The van der Waals surface area contributed by atoms with Crippen LogP contribution in [0.3, 0.4) is 0 Å². The van der Waals surface area contributed by atoms with Crippen LogP contribution in [0.5, 0.6) is 0 Å². The molecule has 3 nitrogen and oxygen atoms in total. The Balaban J connectivity index is 2.60. The van der Waals surface area contributed by atoms with Crippen LogP contribution in [0.15, 0.2) is 24.5 Å². The molecule has 1 aromatic carbocycles. The fraction of sp³-hybridized carbons (Fsp3) is 0.375. The van der Waals surface area contributed by atoms with Crippen LogP contribution in [0.1, 0.15) is 31.4 Å². The molecule has 0 saturated heterocycles. The van der Waals surface area contributed by atoms with Crippen molar-refractivity contribution < 1.29 is 4.39 Å². The number of nitrogens with zero attached hydrogens (tertiary/aromatic N) is 2. The summed E-state index contributed by atoms with van der Waals surface area (Å²) < 4.78 is 13.5. The van der Waals surface area contributed by atoms with Crippen LogP contribution in [-0.2, 0) is 6.42 Å². The molecule has 106 valence electrons. The molecule has 0 spiro atoms. The molecule has 1 heterocycles. The zero-order chi connectivity index (χ0) is 14.5. The van der Waals surface area contributed by atoms with E-state index in [2.05, 4.69) is 22.2 Å². The molecular formula is C16H20FN3. The average molecular weight is 273 g/mol. The summed E-state index contributed by atoms with van der Waals surface area (Å²) in [6.45, 7) is 6.92. The van der Waals surface area contributed by atoms with E-state index in [0.29, 0.717) is 0 Å². The number of rotatable bonds is 5. The molecule has 0 radical (unpaired) electrons. The van der Waals surface area contributed by atoms with Crippen molar-refractivity contribution in [2.75, 3.05) is 11.9 Å². The van der Waals surface area contributed by atoms with Crippen LogP contribution in [0.25, 0.3) is 11.3 Å². The Morgan fingerprint density at radius 1 is 1.20 bits per heavy atom. The lowest BCUT2D eigenvalue weighted by molar-refractivity contribution is 0.628. The third-order valence-electron chi connectivity index (χ3n) is 3.24. The Morgan fingerprint density at radius 3 is 2.70 bits per heavy atom. The van der Waals surface area contributed by atoms with Gasteiger partial charge in [0, 0.05) is 17.7 Å². The van der Waals surface area contributed by atoms with Gasteiger partial charge in [0.25, 0.3) is 0 Å². The standard InChI is InChI=1S/C16H20FN3/c1-4-6-13-15(19-10-20-16(13)18-5-2)14-9-12(17)8-7-11(14)3/h7-10H,4-6H2,1-3H3,(H,18,19,20). The number of halogens is 1. The molecule has 0 amide bonds. The monoisotopic (exact) mass is 273 g/mol. The SMILES string of the molecule is CCCc1c(NCC)ncnc1-c1cc(F)ccc1C. The molecule has 2 aromatic rings. The van der Waals surface area contributed by atoms with Gasteiger partial charge in [0.15, 0.2) is 0 Å². The molecule has 2 rings (SSSR count). The largest absolute Gasteiger partial charge is 0.370 e. The van der Waals surface area contributed by atoms with Gasteiger partial charge >= 0.3 is 0 Å². The quantitative estimate of drug-likeness (QED) is 0.895. The summed E-state index contributed by atoms with van der Waals surface area (Å²) in [5.74, 6) is 0.611.